The van der Waals surface area contributed by atoms with E-state index in [0.717, 1.165) is 6.08 Å². The second-order valence-corrected chi connectivity index (χ2v) is 6.05. The quantitative estimate of drug-likeness (QED) is 0.691. The molecule has 6 heteroatoms. The molecule has 0 spiro atoms. The lowest BCUT2D eigenvalue weighted by atomic mass is 9.89. The SMILES string of the molecule is O=C1C=C(c2nc(-c3ccccc3Cl)cc(=O)o2)C(=O)c2ccccc21. The van der Waals surface area contributed by atoms with Gasteiger partial charge < -0.3 is 4.42 Å². The van der Waals surface area contributed by atoms with E-state index in [1.54, 1.807) is 48.5 Å². The zero-order valence-corrected chi connectivity index (χ0v) is 14.0. The van der Waals surface area contributed by atoms with Gasteiger partial charge in [-0.1, -0.05) is 54.1 Å². The molecule has 5 nitrogen and oxygen atoms in total. The smallest absolute Gasteiger partial charge is 0.339 e. The summed E-state index contributed by atoms with van der Waals surface area (Å²) in [4.78, 5) is 41.3. The molecule has 0 bridgehead atoms. The Hall–Kier alpha value is -3.31. The maximum absolute atomic E-state index is 12.7. The summed E-state index contributed by atoms with van der Waals surface area (Å²) in [5, 5.41) is 0.405. The average molecular weight is 364 g/mol. The van der Waals surface area contributed by atoms with Crippen LogP contribution in [0, 0.1) is 0 Å². The lowest BCUT2D eigenvalue weighted by molar-refractivity contribution is 0.0999. The number of Topliss-reactive ketones (excluding diaryl/α,β-unsaturated/α-hetero) is 1. The van der Waals surface area contributed by atoms with Gasteiger partial charge in [0.2, 0.25) is 5.89 Å². The molecule has 1 aromatic heterocycles. The Kier molecular flexibility index (Phi) is 3.86. The third kappa shape index (κ3) is 2.68. The zero-order valence-electron chi connectivity index (χ0n) is 13.2. The van der Waals surface area contributed by atoms with Crippen LogP contribution >= 0.6 is 11.6 Å². The predicted molar refractivity (Wildman–Crippen MR) is 96.3 cm³/mol. The number of halogens is 1. The summed E-state index contributed by atoms with van der Waals surface area (Å²) < 4.78 is 5.10. The molecule has 0 amide bonds. The van der Waals surface area contributed by atoms with Gasteiger partial charge in [-0.15, -0.1) is 0 Å². The molecule has 0 aliphatic heterocycles. The topological polar surface area (TPSA) is 77.2 Å². The van der Waals surface area contributed by atoms with E-state index >= 15 is 0 Å². The number of benzene rings is 2. The highest BCUT2D eigenvalue weighted by atomic mass is 35.5. The zero-order chi connectivity index (χ0) is 18.3. The number of fused-ring (bicyclic) bond motifs is 1. The van der Waals surface area contributed by atoms with Crippen molar-refractivity contribution in [3.63, 3.8) is 0 Å². The summed E-state index contributed by atoms with van der Waals surface area (Å²) in [6.07, 6.45) is 1.15. The van der Waals surface area contributed by atoms with E-state index in [-0.39, 0.29) is 28.5 Å². The van der Waals surface area contributed by atoms with Crippen LogP contribution in [0.1, 0.15) is 26.6 Å². The Bertz CT molecular complexity index is 1160. The van der Waals surface area contributed by atoms with Crippen molar-refractivity contribution in [2.24, 2.45) is 0 Å². The molecule has 126 valence electrons. The van der Waals surface area contributed by atoms with Gasteiger partial charge in [0, 0.05) is 27.8 Å². The van der Waals surface area contributed by atoms with E-state index in [1.165, 1.54) is 6.07 Å². The molecule has 0 N–H and O–H groups in total. The molecule has 0 saturated heterocycles. The van der Waals surface area contributed by atoms with E-state index in [1.807, 2.05) is 0 Å². The molecule has 0 unspecified atom stereocenters. The van der Waals surface area contributed by atoms with Crippen LogP contribution in [0.2, 0.25) is 5.02 Å². The van der Waals surface area contributed by atoms with Gasteiger partial charge in [0.05, 0.1) is 17.3 Å². The summed E-state index contributed by atoms with van der Waals surface area (Å²) in [6.45, 7) is 0. The van der Waals surface area contributed by atoms with Crippen molar-refractivity contribution in [3.05, 3.63) is 93.1 Å². The Morgan fingerprint density at radius 2 is 1.50 bits per heavy atom. The normalized spacial score (nSPS) is 13.3. The number of nitrogens with zero attached hydrogens (tertiary/aromatic N) is 1. The average Bonchev–Trinajstić information content (AvgIpc) is 2.64. The molecule has 0 radical (unpaired) electrons. The van der Waals surface area contributed by atoms with Gasteiger partial charge in [-0.3, -0.25) is 9.59 Å². The van der Waals surface area contributed by atoms with Crippen molar-refractivity contribution in [1.82, 2.24) is 4.98 Å². The van der Waals surface area contributed by atoms with Crippen molar-refractivity contribution in [1.29, 1.82) is 0 Å². The molecule has 1 aliphatic carbocycles. The number of allylic oxidation sites excluding steroid dienone is 2. The predicted octanol–water partition coefficient (Wildman–Crippen LogP) is 3.82. The van der Waals surface area contributed by atoms with Crippen LogP contribution in [0.4, 0.5) is 0 Å². The molecule has 1 heterocycles. The fraction of sp³-hybridized carbons (Fsp3) is 0. The minimum Gasteiger partial charge on any atom is -0.403 e. The third-order valence-electron chi connectivity index (χ3n) is 4.01. The summed E-state index contributed by atoms with van der Waals surface area (Å²) in [5.41, 5.74) is 0.610. The molecule has 0 fully saturated rings. The lowest BCUT2D eigenvalue weighted by Crippen LogP contribution is -2.18. The molecule has 3 aromatic rings. The van der Waals surface area contributed by atoms with Crippen LogP contribution in [0.15, 0.2) is 69.9 Å². The highest BCUT2D eigenvalue weighted by Gasteiger charge is 2.28. The molecular formula is C20H10ClNO4. The Morgan fingerprint density at radius 1 is 0.846 bits per heavy atom. The Balaban J connectivity index is 1.88. The number of hydrogen-bond acceptors (Lipinski definition) is 5. The number of aromatic nitrogens is 1. The van der Waals surface area contributed by atoms with Crippen LogP contribution in [-0.4, -0.2) is 16.6 Å². The number of ketones is 2. The molecule has 1 aliphatic rings. The summed E-state index contributed by atoms with van der Waals surface area (Å²) >= 11 is 6.16. The van der Waals surface area contributed by atoms with E-state index in [4.69, 9.17) is 16.0 Å². The van der Waals surface area contributed by atoms with Crippen LogP contribution in [0.5, 0.6) is 0 Å². The number of hydrogen-bond donors (Lipinski definition) is 0. The first-order valence-electron chi connectivity index (χ1n) is 7.72. The minimum atomic E-state index is -0.690. The van der Waals surface area contributed by atoms with Crippen LogP contribution in [0.3, 0.4) is 0 Å². The second kappa shape index (κ2) is 6.20. The van der Waals surface area contributed by atoms with Crippen LogP contribution in [-0.2, 0) is 0 Å². The van der Waals surface area contributed by atoms with E-state index in [0.29, 0.717) is 16.1 Å². The van der Waals surface area contributed by atoms with Gasteiger partial charge in [0.25, 0.3) is 0 Å². The molecule has 4 rings (SSSR count). The number of carbonyl (C=O) groups excluding carboxylic acids is 2. The van der Waals surface area contributed by atoms with Gasteiger partial charge >= 0.3 is 5.63 Å². The lowest BCUT2D eigenvalue weighted by Gasteiger charge is -2.14. The van der Waals surface area contributed by atoms with Crippen molar-refractivity contribution < 1.29 is 14.0 Å². The van der Waals surface area contributed by atoms with Gasteiger partial charge in [-0.2, -0.15) is 0 Å². The first-order chi connectivity index (χ1) is 12.5. The van der Waals surface area contributed by atoms with Crippen LogP contribution in [0.25, 0.3) is 16.8 Å². The fourth-order valence-corrected chi connectivity index (χ4v) is 3.03. The Labute approximate surface area is 152 Å². The van der Waals surface area contributed by atoms with Crippen molar-refractivity contribution in [2.45, 2.75) is 0 Å². The van der Waals surface area contributed by atoms with Gasteiger partial charge in [-0.25, -0.2) is 9.78 Å². The van der Waals surface area contributed by atoms with E-state index in [2.05, 4.69) is 4.98 Å². The first-order valence-corrected chi connectivity index (χ1v) is 8.09. The third-order valence-corrected chi connectivity index (χ3v) is 4.34. The van der Waals surface area contributed by atoms with Gasteiger partial charge in [0.15, 0.2) is 11.6 Å². The van der Waals surface area contributed by atoms with Crippen LogP contribution < -0.4 is 5.63 Å². The minimum absolute atomic E-state index is 0.0558. The van der Waals surface area contributed by atoms with E-state index < -0.39 is 11.4 Å². The van der Waals surface area contributed by atoms with Gasteiger partial charge in [0.1, 0.15) is 0 Å². The van der Waals surface area contributed by atoms with Crippen molar-refractivity contribution >= 4 is 28.7 Å². The highest BCUT2D eigenvalue weighted by molar-refractivity contribution is 6.38. The fourth-order valence-electron chi connectivity index (χ4n) is 2.80. The summed E-state index contributed by atoms with van der Waals surface area (Å²) in [5.74, 6) is -0.977. The highest BCUT2D eigenvalue weighted by Crippen LogP contribution is 2.29. The maximum Gasteiger partial charge on any atom is 0.339 e. The van der Waals surface area contributed by atoms with Crippen molar-refractivity contribution in [3.8, 4) is 11.3 Å². The first kappa shape index (κ1) is 16.2. The standard InChI is InChI=1S/C20H10ClNO4/c21-15-8-4-3-7-13(15)16-10-18(24)26-20(22-16)14-9-17(23)11-5-1-2-6-12(11)19(14)25/h1-10H. The number of carbonyl (C=O) groups is 2. The Morgan fingerprint density at radius 3 is 2.23 bits per heavy atom. The largest absolute Gasteiger partial charge is 0.403 e. The summed E-state index contributed by atoms with van der Waals surface area (Å²) in [6, 6.07) is 14.5. The van der Waals surface area contributed by atoms with Crippen molar-refractivity contribution in [2.75, 3.05) is 0 Å². The monoisotopic (exact) mass is 363 g/mol. The van der Waals surface area contributed by atoms with E-state index in [9.17, 15) is 14.4 Å². The maximum atomic E-state index is 12.7. The molecule has 2 aromatic carbocycles. The van der Waals surface area contributed by atoms with Gasteiger partial charge in [-0.05, 0) is 6.07 Å². The summed E-state index contributed by atoms with van der Waals surface area (Å²) in [7, 11) is 0. The molecular weight excluding hydrogens is 354 g/mol. The number of rotatable bonds is 2. The molecule has 0 atom stereocenters. The molecule has 26 heavy (non-hydrogen) atoms. The second-order valence-electron chi connectivity index (χ2n) is 5.64. The molecule has 0 saturated carbocycles.